The molecule has 4 N–H and O–H groups in total. The number of hydrogen-bond acceptors (Lipinski definition) is 4. The third-order valence-corrected chi connectivity index (χ3v) is 6.24. The van der Waals surface area contributed by atoms with E-state index < -0.39 is 28.8 Å². The van der Waals surface area contributed by atoms with Gasteiger partial charge < -0.3 is 15.8 Å². The molecule has 1 aliphatic heterocycles. The first kappa shape index (κ1) is 24.1. The summed E-state index contributed by atoms with van der Waals surface area (Å²) < 4.78 is 32.5. The summed E-state index contributed by atoms with van der Waals surface area (Å²) >= 11 is 0. The van der Waals surface area contributed by atoms with Gasteiger partial charge in [-0.3, -0.25) is 14.7 Å². The van der Waals surface area contributed by atoms with E-state index in [4.69, 9.17) is 10.5 Å². The Hall–Kier alpha value is -3.60. The molecule has 1 saturated heterocycles. The molecule has 1 heterocycles. The van der Waals surface area contributed by atoms with Crippen LogP contribution >= 0.6 is 0 Å². The number of ether oxygens (including phenoxy) is 1. The molecule has 11 heteroatoms. The topological polar surface area (TPSA) is 128 Å². The maximum Gasteiger partial charge on any atom is 0.414 e. The van der Waals surface area contributed by atoms with Crippen molar-refractivity contribution in [2.24, 2.45) is 10.7 Å². The number of carbonyl (C=O) groups excluding carboxylic acids is 2. The van der Waals surface area contributed by atoms with Crippen LogP contribution in [0.25, 0.3) is 11.1 Å². The number of anilines is 1. The van der Waals surface area contributed by atoms with Crippen LogP contribution < -0.4 is 20.9 Å². The minimum absolute atomic E-state index is 0.196. The lowest BCUT2D eigenvalue weighted by Crippen LogP contribution is -2.68. The first-order chi connectivity index (χ1) is 15.8. The molecule has 174 valence electrons. The van der Waals surface area contributed by atoms with Crippen LogP contribution in [0.4, 0.5) is 14.9 Å². The molecule has 2 aromatic rings. The lowest BCUT2D eigenvalue weighted by molar-refractivity contribution is -0.417. The Labute approximate surface area is 193 Å². The van der Waals surface area contributed by atoms with Crippen molar-refractivity contribution in [2.45, 2.75) is 18.8 Å². The summed E-state index contributed by atoms with van der Waals surface area (Å²) in [6.45, 7) is 1.79. The summed E-state index contributed by atoms with van der Waals surface area (Å²) in [6, 6.07) is 11.5. The molecule has 2 aromatic carbocycles. The highest BCUT2D eigenvalue weighted by Gasteiger charge is 2.32. The normalized spacial score (nSPS) is 17.3. The summed E-state index contributed by atoms with van der Waals surface area (Å²) in [5.74, 6) is -0.488. The summed E-state index contributed by atoms with van der Waals surface area (Å²) in [5, 5.41) is 2.87. The van der Waals surface area contributed by atoms with Gasteiger partial charge in [0.2, 0.25) is 12.2 Å². The van der Waals surface area contributed by atoms with Crippen molar-refractivity contribution in [3.05, 3.63) is 53.8 Å². The molecule has 3 rings (SSSR count). The van der Waals surface area contributed by atoms with Crippen molar-refractivity contribution in [1.29, 1.82) is 0 Å². The van der Waals surface area contributed by atoms with E-state index in [1.807, 2.05) is 0 Å². The average Bonchev–Trinajstić information content (AvgIpc) is 3.17. The molecule has 33 heavy (non-hydrogen) atoms. The van der Waals surface area contributed by atoms with Gasteiger partial charge in [0.1, 0.15) is 22.7 Å². The van der Waals surface area contributed by atoms with Crippen LogP contribution in [-0.4, -0.2) is 54.0 Å². The number of benzene rings is 2. The molecular weight excluding hydrogens is 449 g/mol. The average molecular weight is 475 g/mol. The van der Waals surface area contributed by atoms with E-state index in [9.17, 15) is 18.2 Å². The van der Waals surface area contributed by atoms with Crippen LogP contribution in [0.5, 0.6) is 0 Å². The third kappa shape index (κ3) is 6.01. The Bertz CT molecular complexity index is 1120. The number of amidine groups is 1. The Morgan fingerprint density at radius 1 is 1.36 bits per heavy atom. The minimum Gasteiger partial charge on any atom is -0.442 e. The fourth-order valence-corrected chi connectivity index (χ4v) is 4.35. The van der Waals surface area contributed by atoms with Gasteiger partial charge in [0.15, 0.2) is 0 Å². The van der Waals surface area contributed by atoms with Crippen molar-refractivity contribution in [3.63, 3.8) is 0 Å². The molecule has 2 atom stereocenters. The maximum atomic E-state index is 14.9. The predicted octanol–water partition coefficient (Wildman–Crippen LogP) is 0.256. The van der Waals surface area contributed by atoms with Crippen LogP contribution in [-0.2, 0) is 26.1 Å². The predicted molar refractivity (Wildman–Crippen MR) is 125 cm³/mol. The van der Waals surface area contributed by atoms with Gasteiger partial charge in [-0.2, -0.15) is 0 Å². The molecule has 0 saturated carbocycles. The van der Waals surface area contributed by atoms with Gasteiger partial charge in [-0.05, 0) is 34.3 Å². The summed E-state index contributed by atoms with van der Waals surface area (Å²) in [7, 11) is 0.213. The van der Waals surface area contributed by atoms with Crippen molar-refractivity contribution in [2.75, 3.05) is 25.0 Å². The molecular formula is C22H25FN5O4S+. The highest BCUT2D eigenvalue weighted by Crippen LogP contribution is 2.29. The number of rotatable bonds is 6. The maximum absolute atomic E-state index is 14.9. The standard InChI is InChI=1S/C22H24FN5O4S/c1-14(29)26-10-18-11-28(22(30)32-18)17-7-8-19(20(23)9-17)16-5-3-15(4-6-16)12-33(31)21(25-2)27-13-24/h3-9,13,18H,10-12H2,1-2H3,(H,26,29)(H2,24,25,27)/p+1/t18-,33?/m0/s1. The lowest BCUT2D eigenvalue weighted by Gasteiger charge is -2.14. The highest BCUT2D eigenvalue weighted by atomic mass is 32.2. The van der Waals surface area contributed by atoms with E-state index in [1.54, 1.807) is 43.4 Å². The van der Waals surface area contributed by atoms with Gasteiger partial charge in [0.25, 0.3) is 0 Å². The number of aliphatic imine (C=N–C) groups is 1. The zero-order valence-corrected chi connectivity index (χ0v) is 19.0. The van der Waals surface area contributed by atoms with Crippen LogP contribution in [0.3, 0.4) is 0 Å². The number of cyclic esters (lactones) is 1. The van der Waals surface area contributed by atoms with Crippen LogP contribution in [0.1, 0.15) is 12.5 Å². The second kappa shape index (κ2) is 10.8. The second-order valence-electron chi connectivity index (χ2n) is 7.24. The van der Waals surface area contributed by atoms with Gasteiger partial charge >= 0.3 is 11.3 Å². The molecule has 1 aliphatic rings. The largest absolute Gasteiger partial charge is 0.442 e. The summed E-state index contributed by atoms with van der Waals surface area (Å²) in [4.78, 5) is 31.1. The van der Waals surface area contributed by atoms with Crippen molar-refractivity contribution in [1.82, 2.24) is 5.32 Å². The number of amides is 2. The van der Waals surface area contributed by atoms with E-state index >= 15 is 0 Å². The van der Waals surface area contributed by atoms with Crippen molar-refractivity contribution < 1.29 is 27.9 Å². The zero-order chi connectivity index (χ0) is 24.0. The lowest BCUT2D eigenvalue weighted by atomic mass is 10.0. The molecule has 0 bridgehead atoms. The van der Waals surface area contributed by atoms with Crippen molar-refractivity contribution in [3.8, 4) is 11.1 Å². The SMILES string of the molecule is C[NH+]=C(/N=C\N)S(=O)Cc1ccc(-c2ccc(N3C[C@H](CNC(C)=O)OC3=O)cc2F)cc1. The van der Waals surface area contributed by atoms with E-state index in [1.165, 1.54) is 17.9 Å². The summed E-state index contributed by atoms with van der Waals surface area (Å²) in [5.41, 5.74) is 7.42. The number of nitrogens with zero attached hydrogens (tertiary/aromatic N) is 2. The van der Waals surface area contributed by atoms with Gasteiger partial charge in [0, 0.05) is 12.5 Å². The van der Waals surface area contributed by atoms with E-state index in [-0.39, 0.29) is 29.9 Å². The van der Waals surface area contributed by atoms with Crippen LogP contribution in [0, 0.1) is 5.82 Å². The molecule has 0 radical (unpaired) electrons. The molecule has 1 fully saturated rings. The molecule has 0 aromatic heterocycles. The number of nitrogens with two attached hydrogens (primary N) is 1. The fourth-order valence-electron chi connectivity index (χ4n) is 3.31. The van der Waals surface area contributed by atoms with Crippen molar-refractivity contribution >= 4 is 40.0 Å². The number of halogens is 1. The van der Waals surface area contributed by atoms with Gasteiger partial charge in [-0.25, -0.2) is 13.4 Å². The molecule has 1 unspecified atom stereocenters. The Morgan fingerprint density at radius 3 is 2.70 bits per heavy atom. The van der Waals surface area contributed by atoms with E-state index in [0.717, 1.165) is 11.9 Å². The Balaban J connectivity index is 1.71. The first-order valence-corrected chi connectivity index (χ1v) is 11.4. The summed E-state index contributed by atoms with van der Waals surface area (Å²) in [6.07, 6.45) is -0.0189. The van der Waals surface area contributed by atoms with Gasteiger partial charge in [0.05, 0.1) is 31.6 Å². The van der Waals surface area contributed by atoms with Gasteiger partial charge in [-0.1, -0.05) is 24.3 Å². The van der Waals surface area contributed by atoms with E-state index in [2.05, 4.69) is 15.3 Å². The quantitative estimate of drug-likeness (QED) is 0.409. The van der Waals surface area contributed by atoms with Gasteiger partial charge in [-0.15, -0.1) is 0 Å². The fraction of sp³-hybridized carbons (Fsp3) is 0.273. The molecule has 0 aliphatic carbocycles. The smallest absolute Gasteiger partial charge is 0.414 e. The number of carbonyl (C=O) groups is 2. The minimum atomic E-state index is -1.40. The Morgan fingerprint density at radius 2 is 2.09 bits per heavy atom. The van der Waals surface area contributed by atoms with E-state index in [0.29, 0.717) is 16.8 Å². The monoisotopic (exact) mass is 474 g/mol. The number of hydrogen-bond donors (Lipinski definition) is 3. The first-order valence-electron chi connectivity index (χ1n) is 10.1. The second-order valence-corrected chi connectivity index (χ2v) is 8.60. The molecule has 0 spiro atoms. The van der Waals surface area contributed by atoms with Crippen LogP contribution in [0.2, 0.25) is 0 Å². The zero-order valence-electron chi connectivity index (χ0n) is 18.2. The molecule has 9 nitrogen and oxygen atoms in total. The van der Waals surface area contributed by atoms with Crippen LogP contribution in [0.15, 0.2) is 47.5 Å². The number of nitrogens with one attached hydrogen (secondary N) is 2. The Kier molecular flexibility index (Phi) is 7.88. The third-order valence-electron chi connectivity index (χ3n) is 4.90. The highest BCUT2D eigenvalue weighted by molar-refractivity contribution is 7.99. The molecule has 2 amide bonds.